The fourth-order valence-corrected chi connectivity index (χ4v) is 2.26. The van der Waals surface area contributed by atoms with Gasteiger partial charge in [-0.3, -0.25) is 0 Å². The van der Waals surface area contributed by atoms with Crippen LogP contribution in [-0.2, 0) is 0 Å². The highest BCUT2D eigenvalue weighted by Gasteiger charge is 2.62. The van der Waals surface area contributed by atoms with Gasteiger partial charge in [-0.05, 0) is 24.6 Å². The van der Waals surface area contributed by atoms with Crippen molar-refractivity contribution in [1.29, 1.82) is 0 Å². The molecule has 0 bridgehead atoms. The first-order chi connectivity index (χ1) is 7.98. The lowest BCUT2D eigenvalue weighted by Crippen LogP contribution is -2.42. The molecule has 1 atom stereocenters. The molecular weight excluding hydrogens is 391 g/mol. The number of alkyl halides is 5. The molecule has 0 aliphatic rings. The zero-order chi connectivity index (χ0) is 14.3. The Kier molecular flexibility index (Phi) is 4.45. The van der Waals surface area contributed by atoms with E-state index in [9.17, 15) is 27.1 Å². The van der Waals surface area contributed by atoms with Crippen LogP contribution in [0.2, 0.25) is 0 Å². The molecule has 0 saturated heterocycles. The van der Waals surface area contributed by atoms with Gasteiger partial charge in [-0.25, -0.2) is 0 Å². The van der Waals surface area contributed by atoms with Crippen LogP contribution in [0.4, 0.5) is 22.0 Å². The summed E-state index contributed by atoms with van der Waals surface area (Å²) in [4.78, 5) is 0. The van der Waals surface area contributed by atoms with Crippen LogP contribution in [0.3, 0.4) is 0 Å². The highest BCUT2D eigenvalue weighted by molar-refractivity contribution is 9.11. The van der Waals surface area contributed by atoms with Crippen LogP contribution in [0.15, 0.2) is 21.1 Å². The zero-order valence-corrected chi connectivity index (χ0v) is 12.0. The molecule has 1 rings (SSSR count). The van der Waals surface area contributed by atoms with Crippen LogP contribution in [0.5, 0.6) is 0 Å². The molecule has 1 aromatic carbocycles. The highest BCUT2D eigenvalue weighted by Crippen LogP contribution is 2.46. The van der Waals surface area contributed by atoms with E-state index < -0.39 is 23.8 Å². The lowest BCUT2D eigenvalue weighted by atomic mass is 10.0. The zero-order valence-electron chi connectivity index (χ0n) is 8.83. The molecule has 0 spiro atoms. The van der Waals surface area contributed by atoms with E-state index in [2.05, 4.69) is 31.9 Å². The van der Waals surface area contributed by atoms with Gasteiger partial charge in [0.2, 0.25) is 0 Å². The minimum atomic E-state index is -5.82. The van der Waals surface area contributed by atoms with Crippen molar-refractivity contribution in [3.63, 3.8) is 0 Å². The molecular formula is C10H7Br2F5O. The number of aliphatic hydroxyl groups excluding tert-OH is 1. The second-order valence-corrected chi connectivity index (χ2v) is 5.35. The van der Waals surface area contributed by atoms with E-state index in [0.29, 0.717) is 10.0 Å². The van der Waals surface area contributed by atoms with E-state index in [1.807, 2.05) is 0 Å². The molecule has 1 nitrogen and oxygen atoms in total. The molecule has 0 aliphatic carbocycles. The van der Waals surface area contributed by atoms with Gasteiger partial charge in [-0.2, -0.15) is 22.0 Å². The van der Waals surface area contributed by atoms with E-state index in [1.54, 1.807) is 6.92 Å². The normalized spacial score (nSPS) is 14.7. The molecule has 8 heteroatoms. The summed E-state index contributed by atoms with van der Waals surface area (Å²) < 4.78 is 62.8. The number of hydrogen-bond donors (Lipinski definition) is 1. The van der Waals surface area contributed by atoms with E-state index in [4.69, 9.17) is 0 Å². The van der Waals surface area contributed by atoms with Gasteiger partial charge < -0.3 is 5.11 Å². The predicted molar refractivity (Wildman–Crippen MR) is 62.5 cm³/mol. The predicted octanol–water partition coefficient (Wildman–Crippen LogP) is 4.75. The molecule has 0 saturated carbocycles. The third kappa shape index (κ3) is 2.85. The van der Waals surface area contributed by atoms with Gasteiger partial charge >= 0.3 is 12.1 Å². The maximum atomic E-state index is 13.0. The largest absolute Gasteiger partial charge is 0.456 e. The maximum Gasteiger partial charge on any atom is 0.456 e. The Morgan fingerprint density at radius 2 is 1.56 bits per heavy atom. The molecule has 1 N–H and O–H groups in total. The summed E-state index contributed by atoms with van der Waals surface area (Å²) in [6.45, 7) is 1.63. The van der Waals surface area contributed by atoms with Crippen molar-refractivity contribution in [3.8, 4) is 0 Å². The number of rotatable bonds is 2. The number of hydrogen-bond acceptors (Lipinski definition) is 1. The first kappa shape index (κ1) is 15.8. The molecule has 1 aromatic rings. The van der Waals surface area contributed by atoms with Crippen molar-refractivity contribution in [2.24, 2.45) is 0 Å². The molecule has 0 aromatic heterocycles. The quantitative estimate of drug-likeness (QED) is 0.714. The summed E-state index contributed by atoms with van der Waals surface area (Å²) in [5.41, 5.74) is 0.1000. The maximum absolute atomic E-state index is 13.0. The molecule has 0 heterocycles. The molecule has 1 unspecified atom stereocenters. The Balaban J connectivity index is 3.27. The van der Waals surface area contributed by atoms with Crippen molar-refractivity contribution in [2.75, 3.05) is 0 Å². The molecule has 0 amide bonds. The van der Waals surface area contributed by atoms with Crippen LogP contribution in [0.1, 0.15) is 17.2 Å². The Bertz CT molecular complexity index is 458. The standard InChI is InChI=1S/C10H7Br2F5O/c1-4-2-7(12)5(3-6(4)11)8(18)9(13,14)10(15,16)17/h2-3,8,18H,1H3. The van der Waals surface area contributed by atoms with Crippen LogP contribution in [0, 0.1) is 6.92 Å². The smallest absolute Gasteiger partial charge is 0.382 e. The van der Waals surface area contributed by atoms with Gasteiger partial charge in [0.25, 0.3) is 0 Å². The third-order valence-corrected chi connectivity index (χ3v) is 3.83. The first-order valence-corrected chi connectivity index (χ1v) is 6.15. The molecule has 102 valence electrons. The van der Waals surface area contributed by atoms with Gasteiger partial charge in [-0.1, -0.05) is 31.9 Å². The highest BCUT2D eigenvalue weighted by atomic mass is 79.9. The monoisotopic (exact) mass is 396 g/mol. The van der Waals surface area contributed by atoms with Crippen molar-refractivity contribution < 1.29 is 27.1 Å². The summed E-state index contributed by atoms with van der Waals surface area (Å²) in [5, 5.41) is 9.26. The van der Waals surface area contributed by atoms with Crippen molar-refractivity contribution in [1.82, 2.24) is 0 Å². The van der Waals surface area contributed by atoms with Gasteiger partial charge in [0.05, 0.1) is 0 Å². The molecule has 0 fully saturated rings. The second-order valence-electron chi connectivity index (χ2n) is 3.65. The van der Waals surface area contributed by atoms with E-state index in [0.717, 1.165) is 6.07 Å². The fourth-order valence-electron chi connectivity index (χ4n) is 1.22. The third-order valence-electron chi connectivity index (χ3n) is 2.29. The van der Waals surface area contributed by atoms with E-state index in [-0.39, 0.29) is 4.47 Å². The van der Waals surface area contributed by atoms with E-state index >= 15 is 0 Å². The summed E-state index contributed by atoms with van der Waals surface area (Å²) in [5.74, 6) is -5.22. The minimum absolute atomic E-state index is 0.0142. The van der Waals surface area contributed by atoms with Gasteiger partial charge in [-0.15, -0.1) is 0 Å². The van der Waals surface area contributed by atoms with Gasteiger partial charge in [0, 0.05) is 14.5 Å². The summed E-state index contributed by atoms with van der Waals surface area (Å²) in [7, 11) is 0. The van der Waals surface area contributed by atoms with Crippen LogP contribution >= 0.6 is 31.9 Å². The minimum Gasteiger partial charge on any atom is -0.382 e. The number of aryl methyl sites for hydroxylation is 1. The molecule has 18 heavy (non-hydrogen) atoms. The number of benzene rings is 1. The Morgan fingerprint density at radius 3 is 2.00 bits per heavy atom. The average molecular weight is 398 g/mol. The second kappa shape index (κ2) is 5.05. The SMILES string of the molecule is Cc1cc(Br)c(C(O)C(F)(F)C(F)(F)F)cc1Br. The van der Waals surface area contributed by atoms with Crippen molar-refractivity contribution >= 4 is 31.9 Å². The number of aliphatic hydroxyl groups is 1. The summed E-state index contributed by atoms with van der Waals surface area (Å²) >= 11 is 5.87. The van der Waals surface area contributed by atoms with Crippen LogP contribution < -0.4 is 0 Å². The Hall–Kier alpha value is -0.210. The van der Waals surface area contributed by atoms with Crippen LogP contribution in [0.25, 0.3) is 0 Å². The van der Waals surface area contributed by atoms with Gasteiger partial charge in [0.15, 0.2) is 6.10 Å². The average Bonchev–Trinajstić information content (AvgIpc) is 2.20. The summed E-state index contributed by atoms with van der Waals surface area (Å²) in [6, 6.07) is 2.37. The lowest BCUT2D eigenvalue weighted by molar-refractivity contribution is -0.315. The van der Waals surface area contributed by atoms with E-state index in [1.165, 1.54) is 6.07 Å². The Morgan fingerprint density at radius 1 is 1.06 bits per heavy atom. The van der Waals surface area contributed by atoms with Crippen LogP contribution in [-0.4, -0.2) is 17.2 Å². The summed E-state index contributed by atoms with van der Waals surface area (Å²) in [6.07, 6.45) is -8.78. The molecule has 0 aliphatic heterocycles. The number of halogens is 7. The lowest BCUT2D eigenvalue weighted by Gasteiger charge is -2.26. The first-order valence-electron chi connectivity index (χ1n) is 4.56. The molecule has 0 radical (unpaired) electrons. The van der Waals surface area contributed by atoms with Gasteiger partial charge in [0.1, 0.15) is 0 Å². The Labute approximate surface area is 116 Å². The van der Waals surface area contributed by atoms with Crippen molar-refractivity contribution in [2.45, 2.75) is 25.1 Å². The topological polar surface area (TPSA) is 20.2 Å². The fraction of sp³-hybridized carbons (Fsp3) is 0.400. The van der Waals surface area contributed by atoms with Crippen molar-refractivity contribution in [3.05, 3.63) is 32.2 Å².